The maximum Gasteiger partial charge on any atom is 0.0752 e. The number of hydrogen-bond donors (Lipinski definition) is 1. The molecule has 1 aliphatic rings. The van der Waals surface area contributed by atoms with Gasteiger partial charge in [-0.2, -0.15) is 5.10 Å². The van der Waals surface area contributed by atoms with Crippen molar-refractivity contribution in [2.45, 2.75) is 20.8 Å². The van der Waals surface area contributed by atoms with Crippen LogP contribution in [0.25, 0.3) is 11.3 Å². The van der Waals surface area contributed by atoms with E-state index >= 15 is 0 Å². The lowest BCUT2D eigenvalue weighted by molar-refractivity contribution is 0.122. The predicted octanol–water partition coefficient (Wildman–Crippen LogP) is 3.62. The Labute approximate surface area is 143 Å². The van der Waals surface area contributed by atoms with Gasteiger partial charge in [0, 0.05) is 42.3 Å². The molecule has 0 spiro atoms. The van der Waals surface area contributed by atoms with Crippen LogP contribution in [0, 0.1) is 13.8 Å². The van der Waals surface area contributed by atoms with Gasteiger partial charge >= 0.3 is 0 Å². The highest BCUT2D eigenvalue weighted by molar-refractivity contribution is 5.73. The number of rotatable bonds is 4. The smallest absolute Gasteiger partial charge is 0.0752 e. The lowest BCUT2D eigenvalue weighted by Crippen LogP contribution is -2.36. The fraction of sp³-hybridized carbons (Fsp3) is 0.368. The van der Waals surface area contributed by atoms with E-state index in [0.717, 1.165) is 54.4 Å². The summed E-state index contributed by atoms with van der Waals surface area (Å²) in [6, 6.07) is 8.61. The fourth-order valence-electron chi connectivity index (χ4n) is 2.98. The van der Waals surface area contributed by atoms with E-state index < -0.39 is 0 Å². The number of ether oxygens (including phenoxy) is 1. The van der Waals surface area contributed by atoms with Gasteiger partial charge in [0.25, 0.3) is 0 Å². The minimum absolute atomic E-state index is 0.799. The Morgan fingerprint density at radius 1 is 1.17 bits per heavy atom. The third kappa shape index (κ3) is 3.41. The first-order valence-corrected chi connectivity index (χ1v) is 8.33. The average molecular weight is 324 g/mol. The zero-order valence-corrected chi connectivity index (χ0v) is 14.5. The molecule has 1 fully saturated rings. The second-order valence-corrected chi connectivity index (χ2v) is 5.94. The first-order chi connectivity index (χ1) is 11.7. The summed E-state index contributed by atoms with van der Waals surface area (Å²) < 4.78 is 5.42. The van der Waals surface area contributed by atoms with Gasteiger partial charge in [0.05, 0.1) is 24.6 Å². The molecule has 1 aliphatic heterocycles. The molecule has 0 amide bonds. The van der Waals surface area contributed by atoms with Gasteiger partial charge in [-0.1, -0.05) is 12.1 Å². The summed E-state index contributed by atoms with van der Waals surface area (Å²) in [5.74, 6) is 0. The van der Waals surface area contributed by atoms with Crippen LogP contribution in [0.3, 0.4) is 0 Å². The molecule has 0 radical (unpaired) electrons. The summed E-state index contributed by atoms with van der Waals surface area (Å²) in [4.78, 5) is 6.99. The maximum absolute atomic E-state index is 5.42. The first-order valence-electron chi connectivity index (χ1n) is 8.33. The Morgan fingerprint density at radius 2 is 1.88 bits per heavy atom. The lowest BCUT2D eigenvalue weighted by atomic mass is 10.0. The number of hydrogen-bond acceptors (Lipinski definition) is 5. The molecule has 0 aliphatic carbocycles. The molecule has 3 rings (SSSR count). The predicted molar refractivity (Wildman–Crippen MR) is 100.0 cm³/mol. The highest BCUT2D eigenvalue weighted by atomic mass is 16.5. The second kappa shape index (κ2) is 7.45. The third-order valence-electron chi connectivity index (χ3n) is 4.33. The molecule has 126 valence electrons. The summed E-state index contributed by atoms with van der Waals surface area (Å²) in [5.41, 5.74) is 9.68. The molecule has 1 aromatic carbocycles. The Morgan fingerprint density at radius 3 is 2.54 bits per heavy atom. The largest absolute Gasteiger partial charge is 0.378 e. The highest BCUT2D eigenvalue weighted by Gasteiger charge is 2.13. The van der Waals surface area contributed by atoms with Crippen LogP contribution in [0.5, 0.6) is 0 Å². The number of nitrogens with zero attached hydrogens (tertiary/aromatic N) is 3. The minimum atomic E-state index is 0.799. The summed E-state index contributed by atoms with van der Waals surface area (Å²) >= 11 is 0. The molecule has 0 atom stereocenters. The Balaban J connectivity index is 1.88. The van der Waals surface area contributed by atoms with Gasteiger partial charge < -0.3 is 9.64 Å². The third-order valence-corrected chi connectivity index (χ3v) is 4.33. The molecule has 5 heteroatoms. The van der Waals surface area contributed by atoms with Gasteiger partial charge in [0.15, 0.2) is 0 Å². The Hall–Kier alpha value is -2.40. The molecule has 24 heavy (non-hydrogen) atoms. The second-order valence-electron chi connectivity index (χ2n) is 5.94. The number of hydrazone groups is 1. The zero-order valence-electron chi connectivity index (χ0n) is 14.5. The first kappa shape index (κ1) is 16.5. The maximum atomic E-state index is 5.42. The van der Waals surface area contributed by atoms with E-state index in [0.29, 0.717) is 0 Å². The van der Waals surface area contributed by atoms with E-state index in [1.807, 2.05) is 20.0 Å². The minimum Gasteiger partial charge on any atom is -0.378 e. The normalized spacial score (nSPS) is 15.0. The van der Waals surface area contributed by atoms with Crippen LogP contribution in [0.1, 0.15) is 18.1 Å². The molecule has 0 unspecified atom stereocenters. The van der Waals surface area contributed by atoms with E-state index in [9.17, 15) is 0 Å². The molecule has 0 bridgehead atoms. The summed E-state index contributed by atoms with van der Waals surface area (Å²) in [7, 11) is 0. The van der Waals surface area contributed by atoms with Gasteiger partial charge in [0.2, 0.25) is 0 Å². The van der Waals surface area contributed by atoms with Crippen molar-refractivity contribution in [2.75, 3.05) is 36.6 Å². The van der Waals surface area contributed by atoms with E-state index in [4.69, 9.17) is 4.74 Å². The van der Waals surface area contributed by atoms with Gasteiger partial charge in [0.1, 0.15) is 0 Å². The Kier molecular flexibility index (Phi) is 5.11. The van der Waals surface area contributed by atoms with Crippen LogP contribution >= 0.6 is 0 Å². The SMILES string of the molecule is C/C=N/Nc1c(C)cnc(-c2ccc(N3CCOCC3)cc2)c1C. The average Bonchev–Trinajstić information content (AvgIpc) is 2.63. The van der Waals surface area contributed by atoms with Gasteiger partial charge in [-0.25, -0.2) is 0 Å². The van der Waals surface area contributed by atoms with Crippen molar-refractivity contribution in [3.63, 3.8) is 0 Å². The van der Waals surface area contributed by atoms with Crippen LogP contribution in [-0.2, 0) is 4.74 Å². The summed E-state index contributed by atoms with van der Waals surface area (Å²) in [5, 5.41) is 4.15. The van der Waals surface area contributed by atoms with Crippen LogP contribution in [-0.4, -0.2) is 37.5 Å². The Bertz CT molecular complexity index is 719. The number of benzene rings is 1. The van der Waals surface area contributed by atoms with Gasteiger partial charge in [-0.05, 0) is 38.5 Å². The van der Waals surface area contributed by atoms with Gasteiger partial charge in [-0.15, -0.1) is 0 Å². The van der Waals surface area contributed by atoms with E-state index in [2.05, 4.69) is 51.6 Å². The standard InChI is InChI=1S/C19H24N4O/c1-4-21-22-18-14(2)13-20-19(15(18)3)16-5-7-17(8-6-16)23-9-11-24-12-10-23/h4-8,13H,9-12H2,1-3H3,(H,20,22)/b21-4+. The number of nitrogens with one attached hydrogen (secondary N) is 1. The van der Waals surface area contributed by atoms with E-state index in [-0.39, 0.29) is 0 Å². The van der Waals surface area contributed by atoms with Crippen LogP contribution in [0.2, 0.25) is 0 Å². The van der Waals surface area contributed by atoms with Crippen molar-refractivity contribution in [2.24, 2.45) is 5.10 Å². The van der Waals surface area contributed by atoms with Crippen molar-refractivity contribution in [3.05, 3.63) is 41.6 Å². The molecule has 2 aromatic rings. The fourth-order valence-corrected chi connectivity index (χ4v) is 2.98. The molecular weight excluding hydrogens is 300 g/mol. The molecule has 1 N–H and O–H groups in total. The van der Waals surface area contributed by atoms with Crippen molar-refractivity contribution < 1.29 is 4.74 Å². The highest BCUT2D eigenvalue weighted by Crippen LogP contribution is 2.30. The van der Waals surface area contributed by atoms with E-state index in [1.165, 1.54) is 5.69 Å². The summed E-state index contributed by atoms with van der Waals surface area (Å²) in [6.45, 7) is 9.51. The molecular formula is C19H24N4O. The number of pyridine rings is 1. The van der Waals surface area contributed by atoms with Crippen LogP contribution in [0.15, 0.2) is 35.6 Å². The molecule has 1 saturated heterocycles. The monoisotopic (exact) mass is 324 g/mol. The number of morpholine rings is 1. The molecule has 0 saturated carbocycles. The lowest BCUT2D eigenvalue weighted by Gasteiger charge is -2.29. The summed E-state index contributed by atoms with van der Waals surface area (Å²) in [6.07, 6.45) is 3.64. The zero-order chi connectivity index (χ0) is 16.9. The number of aryl methyl sites for hydroxylation is 1. The van der Waals surface area contributed by atoms with Crippen molar-refractivity contribution >= 4 is 17.6 Å². The molecule has 1 aromatic heterocycles. The van der Waals surface area contributed by atoms with Crippen LogP contribution < -0.4 is 10.3 Å². The van der Waals surface area contributed by atoms with Gasteiger partial charge in [-0.3, -0.25) is 10.4 Å². The van der Waals surface area contributed by atoms with Crippen molar-refractivity contribution in [1.29, 1.82) is 0 Å². The molecule has 5 nitrogen and oxygen atoms in total. The number of anilines is 2. The topological polar surface area (TPSA) is 49.8 Å². The number of aromatic nitrogens is 1. The van der Waals surface area contributed by atoms with Crippen molar-refractivity contribution in [1.82, 2.24) is 4.98 Å². The van der Waals surface area contributed by atoms with E-state index in [1.54, 1.807) is 6.21 Å². The van der Waals surface area contributed by atoms with Crippen LogP contribution in [0.4, 0.5) is 11.4 Å². The molecule has 2 heterocycles. The van der Waals surface area contributed by atoms with Crippen molar-refractivity contribution in [3.8, 4) is 11.3 Å². The quantitative estimate of drug-likeness (QED) is 0.689.